The molecule has 1 N–H and O–H groups in total. The maximum absolute atomic E-state index is 11.4. The molecule has 0 radical (unpaired) electrons. The van der Waals surface area contributed by atoms with Crippen molar-refractivity contribution in [3.05, 3.63) is 23.8 Å². The third-order valence-electron chi connectivity index (χ3n) is 1.91. The van der Waals surface area contributed by atoms with Crippen LogP contribution in [0.2, 0.25) is 0 Å². The van der Waals surface area contributed by atoms with Gasteiger partial charge in [-0.15, -0.1) is 0 Å². The van der Waals surface area contributed by atoms with Gasteiger partial charge in [-0.25, -0.2) is 4.79 Å². The maximum Gasteiger partial charge on any atom is 0.514 e. The molecule has 5 heteroatoms. The number of benzene rings is 1. The molecule has 0 spiro atoms. The average molecular weight is 249 g/mol. The first kappa shape index (κ1) is 13.8. The molecule has 0 aliphatic carbocycles. The smallest absolute Gasteiger partial charge is 0.508 e. The standard InChI is InChI=1S/C13H15NO4/c1-13(2,3)18-12(16)17-10-4-5-11(15)9(8-10)6-7-14/h4-5,8,15H,6H2,1-3H3. The SMILES string of the molecule is CC(C)(C)OC(=O)Oc1ccc(O)c(CC#N)c1. The van der Waals surface area contributed by atoms with Crippen molar-refractivity contribution in [2.24, 2.45) is 0 Å². The molecule has 5 nitrogen and oxygen atoms in total. The van der Waals surface area contributed by atoms with Crippen LogP contribution in [0.5, 0.6) is 11.5 Å². The fraction of sp³-hybridized carbons (Fsp3) is 0.385. The maximum atomic E-state index is 11.4. The Hall–Kier alpha value is -2.22. The van der Waals surface area contributed by atoms with Crippen LogP contribution in [0, 0.1) is 11.3 Å². The fourth-order valence-electron chi connectivity index (χ4n) is 1.22. The van der Waals surface area contributed by atoms with Crippen LogP contribution in [-0.2, 0) is 11.2 Å². The molecule has 0 saturated carbocycles. The van der Waals surface area contributed by atoms with Crippen LogP contribution in [0.3, 0.4) is 0 Å². The molecule has 1 aromatic rings. The number of phenolic OH excluding ortho intramolecular Hbond substituents is 1. The first-order valence-electron chi connectivity index (χ1n) is 5.41. The van der Waals surface area contributed by atoms with E-state index in [1.165, 1.54) is 18.2 Å². The van der Waals surface area contributed by atoms with Gasteiger partial charge in [0, 0.05) is 5.56 Å². The third kappa shape index (κ3) is 4.34. The molecule has 0 heterocycles. The third-order valence-corrected chi connectivity index (χ3v) is 1.91. The van der Waals surface area contributed by atoms with E-state index >= 15 is 0 Å². The molecule has 0 aromatic heterocycles. The van der Waals surface area contributed by atoms with Crippen molar-refractivity contribution in [3.8, 4) is 17.6 Å². The van der Waals surface area contributed by atoms with Crippen molar-refractivity contribution in [2.75, 3.05) is 0 Å². The highest BCUT2D eigenvalue weighted by Crippen LogP contribution is 2.24. The second-order valence-corrected chi connectivity index (χ2v) is 4.69. The van der Waals surface area contributed by atoms with Gasteiger partial charge in [0.1, 0.15) is 17.1 Å². The highest BCUT2D eigenvalue weighted by Gasteiger charge is 2.18. The van der Waals surface area contributed by atoms with Gasteiger partial charge in [-0.2, -0.15) is 5.26 Å². The van der Waals surface area contributed by atoms with E-state index in [9.17, 15) is 9.90 Å². The molecule has 0 fully saturated rings. The molecule has 0 atom stereocenters. The lowest BCUT2D eigenvalue weighted by atomic mass is 10.1. The fourth-order valence-corrected chi connectivity index (χ4v) is 1.22. The van der Waals surface area contributed by atoms with Crippen molar-refractivity contribution in [1.82, 2.24) is 0 Å². The van der Waals surface area contributed by atoms with Crippen molar-refractivity contribution in [1.29, 1.82) is 5.26 Å². The number of rotatable bonds is 2. The van der Waals surface area contributed by atoms with E-state index in [2.05, 4.69) is 0 Å². The zero-order valence-corrected chi connectivity index (χ0v) is 10.6. The molecule has 1 aromatic carbocycles. The molecular formula is C13H15NO4. The summed E-state index contributed by atoms with van der Waals surface area (Å²) in [7, 11) is 0. The van der Waals surface area contributed by atoms with Gasteiger partial charge in [-0.05, 0) is 39.0 Å². The van der Waals surface area contributed by atoms with Crippen LogP contribution < -0.4 is 4.74 Å². The van der Waals surface area contributed by atoms with Crippen LogP contribution in [0.1, 0.15) is 26.3 Å². The number of aromatic hydroxyl groups is 1. The summed E-state index contributed by atoms with van der Waals surface area (Å²) in [5, 5.41) is 18.0. The Kier molecular flexibility index (Phi) is 4.16. The summed E-state index contributed by atoms with van der Waals surface area (Å²) < 4.78 is 9.93. The van der Waals surface area contributed by atoms with Gasteiger partial charge in [-0.3, -0.25) is 0 Å². The number of carbonyl (C=O) groups is 1. The Bertz CT molecular complexity index is 483. The van der Waals surface area contributed by atoms with Crippen molar-refractivity contribution >= 4 is 6.16 Å². The van der Waals surface area contributed by atoms with Crippen molar-refractivity contribution in [2.45, 2.75) is 32.8 Å². The normalized spacial score (nSPS) is 10.6. The number of hydrogen-bond acceptors (Lipinski definition) is 5. The molecule has 0 aliphatic rings. The van der Waals surface area contributed by atoms with E-state index in [0.29, 0.717) is 5.56 Å². The number of phenols is 1. The predicted molar refractivity (Wildman–Crippen MR) is 64.3 cm³/mol. The Morgan fingerprint density at radius 2 is 2.11 bits per heavy atom. The lowest BCUT2D eigenvalue weighted by Crippen LogP contribution is -2.25. The molecule has 0 bridgehead atoms. The van der Waals surface area contributed by atoms with Gasteiger partial charge in [-0.1, -0.05) is 0 Å². The molecule has 0 amide bonds. The Morgan fingerprint density at radius 1 is 1.44 bits per heavy atom. The number of nitriles is 1. The van der Waals surface area contributed by atoms with Crippen LogP contribution >= 0.6 is 0 Å². The first-order valence-corrected chi connectivity index (χ1v) is 5.41. The zero-order chi connectivity index (χ0) is 13.8. The van der Waals surface area contributed by atoms with E-state index in [1.807, 2.05) is 6.07 Å². The van der Waals surface area contributed by atoms with Crippen LogP contribution in [-0.4, -0.2) is 16.9 Å². The molecule has 0 saturated heterocycles. The largest absolute Gasteiger partial charge is 0.514 e. The number of nitrogens with zero attached hydrogens (tertiary/aromatic N) is 1. The molecule has 0 aliphatic heterocycles. The van der Waals surface area contributed by atoms with Gasteiger partial charge in [0.05, 0.1) is 12.5 Å². The monoisotopic (exact) mass is 249 g/mol. The van der Waals surface area contributed by atoms with E-state index in [-0.39, 0.29) is 17.9 Å². The Morgan fingerprint density at radius 3 is 2.67 bits per heavy atom. The summed E-state index contributed by atoms with van der Waals surface area (Å²) in [6.07, 6.45) is -0.784. The lowest BCUT2D eigenvalue weighted by Gasteiger charge is -2.18. The quantitative estimate of drug-likeness (QED) is 0.644. The lowest BCUT2D eigenvalue weighted by molar-refractivity contribution is 0.0206. The zero-order valence-electron chi connectivity index (χ0n) is 10.6. The van der Waals surface area contributed by atoms with Crippen LogP contribution in [0.4, 0.5) is 4.79 Å². The minimum atomic E-state index is -0.823. The summed E-state index contributed by atoms with van der Waals surface area (Å²) in [5.41, 5.74) is -0.234. The second-order valence-electron chi connectivity index (χ2n) is 4.69. The summed E-state index contributed by atoms with van der Waals surface area (Å²) in [6.45, 7) is 5.19. The summed E-state index contributed by atoms with van der Waals surface area (Å²) in [5.74, 6) is 0.223. The van der Waals surface area contributed by atoms with Crippen LogP contribution in [0.25, 0.3) is 0 Å². The number of hydrogen-bond donors (Lipinski definition) is 1. The first-order chi connectivity index (χ1) is 8.31. The molecule has 18 heavy (non-hydrogen) atoms. The van der Waals surface area contributed by atoms with Gasteiger partial charge >= 0.3 is 6.16 Å². The van der Waals surface area contributed by atoms with E-state index < -0.39 is 11.8 Å². The minimum Gasteiger partial charge on any atom is -0.508 e. The van der Waals surface area contributed by atoms with E-state index in [4.69, 9.17) is 14.7 Å². The molecule has 96 valence electrons. The average Bonchev–Trinajstić information content (AvgIpc) is 2.20. The topological polar surface area (TPSA) is 79.6 Å². The Balaban J connectivity index is 2.77. The summed E-state index contributed by atoms with van der Waals surface area (Å²) in [4.78, 5) is 11.4. The van der Waals surface area contributed by atoms with Crippen LogP contribution in [0.15, 0.2) is 18.2 Å². The van der Waals surface area contributed by atoms with Gasteiger partial charge in [0.25, 0.3) is 0 Å². The highest BCUT2D eigenvalue weighted by molar-refractivity contribution is 5.64. The molecular weight excluding hydrogens is 234 g/mol. The number of carbonyl (C=O) groups excluding carboxylic acids is 1. The summed E-state index contributed by atoms with van der Waals surface area (Å²) in [6, 6.07) is 6.14. The Labute approximate surface area is 106 Å². The second kappa shape index (κ2) is 5.41. The molecule has 0 unspecified atom stereocenters. The number of ether oxygens (including phenoxy) is 2. The summed E-state index contributed by atoms with van der Waals surface area (Å²) >= 11 is 0. The van der Waals surface area contributed by atoms with E-state index in [1.54, 1.807) is 20.8 Å². The molecule has 1 rings (SSSR count). The van der Waals surface area contributed by atoms with Crippen molar-refractivity contribution < 1.29 is 19.4 Å². The van der Waals surface area contributed by atoms with Gasteiger partial charge in [0.15, 0.2) is 0 Å². The highest BCUT2D eigenvalue weighted by atomic mass is 16.7. The van der Waals surface area contributed by atoms with Crippen molar-refractivity contribution in [3.63, 3.8) is 0 Å². The minimum absolute atomic E-state index is 0.00640. The predicted octanol–water partition coefficient (Wildman–Crippen LogP) is 2.77. The van der Waals surface area contributed by atoms with E-state index in [0.717, 1.165) is 0 Å². The van der Waals surface area contributed by atoms with Gasteiger partial charge < -0.3 is 14.6 Å². The van der Waals surface area contributed by atoms with Gasteiger partial charge in [0.2, 0.25) is 0 Å².